The number of amides is 1. The van der Waals surface area contributed by atoms with Crippen molar-refractivity contribution in [3.05, 3.63) is 29.9 Å². The van der Waals surface area contributed by atoms with E-state index < -0.39 is 11.7 Å². The van der Waals surface area contributed by atoms with E-state index in [0.717, 1.165) is 18.3 Å². The predicted octanol–water partition coefficient (Wildman–Crippen LogP) is 0.301. The highest BCUT2D eigenvalue weighted by Crippen LogP contribution is 2.11. The van der Waals surface area contributed by atoms with Crippen LogP contribution < -0.4 is 11.5 Å². The number of primary amides is 1. The zero-order chi connectivity index (χ0) is 9.84. The maximum Gasteiger partial charge on any atom is 0.241 e. The minimum absolute atomic E-state index is 0.164. The Hall–Kier alpha value is -1.91. The lowest BCUT2D eigenvalue weighted by molar-refractivity contribution is -0.113. The van der Waals surface area contributed by atoms with Gasteiger partial charge >= 0.3 is 0 Å². The number of aromatic nitrogens is 1. The van der Waals surface area contributed by atoms with E-state index >= 15 is 0 Å². The summed E-state index contributed by atoms with van der Waals surface area (Å²) in [6.45, 7) is 0. The number of hydrogen-bond donors (Lipinski definition) is 2. The van der Waals surface area contributed by atoms with Crippen LogP contribution in [-0.2, 0) is 4.79 Å². The third-order valence-corrected chi connectivity index (χ3v) is 1.32. The number of pyridine rings is 1. The van der Waals surface area contributed by atoms with Crippen molar-refractivity contribution in [1.29, 1.82) is 0 Å². The number of nitrogens with zero attached hydrogens (tertiary/aromatic N) is 1. The van der Waals surface area contributed by atoms with Gasteiger partial charge < -0.3 is 11.5 Å². The summed E-state index contributed by atoms with van der Waals surface area (Å²) in [7, 11) is 0. The number of halogens is 1. The molecule has 5 heteroatoms. The van der Waals surface area contributed by atoms with Crippen LogP contribution in [0, 0.1) is 5.82 Å². The maximum absolute atomic E-state index is 12.5. The molecular formula is C8H8FN3O. The zero-order valence-corrected chi connectivity index (χ0v) is 6.70. The minimum Gasteiger partial charge on any atom is -0.397 e. The summed E-state index contributed by atoms with van der Waals surface area (Å²) in [4.78, 5) is 14.0. The highest BCUT2D eigenvalue weighted by atomic mass is 19.1. The van der Waals surface area contributed by atoms with Crippen LogP contribution in [0.4, 0.5) is 10.1 Å². The minimum atomic E-state index is -0.606. The molecule has 4 nitrogen and oxygen atoms in total. The normalized spacial score (nSPS) is 10.5. The largest absolute Gasteiger partial charge is 0.397 e. The number of anilines is 1. The first-order valence-electron chi connectivity index (χ1n) is 3.48. The summed E-state index contributed by atoms with van der Waals surface area (Å²) in [5.74, 6) is -1.13. The molecule has 1 rings (SSSR count). The Bertz CT molecular complexity index is 362. The predicted molar refractivity (Wildman–Crippen MR) is 46.8 cm³/mol. The molecule has 13 heavy (non-hydrogen) atoms. The van der Waals surface area contributed by atoms with E-state index in [4.69, 9.17) is 11.5 Å². The molecule has 1 amide bonds. The number of carbonyl (C=O) groups excluding carboxylic acids is 1. The van der Waals surface area contributed by atoms with E-state index in [2.05, 4.69) is 4.98 Å². The highest BCUT2D eigenvalue weighted by Gasteiger charge is 1.98. The van der Waals surface area contributed by atoms with Crippen molar-refractivity contribution in [3.8, 4) is 0 Å². The Morgan fingerprint density at radius 2 is 2.31 bits per heavy atom. The molecule has 0 saturated heterocycles. The molecule has 0 spiro atoms. The van der Waals surface area contributed by atoms with Crippen LogP contribution in [0.1, 0.15) is 5.69 Å². The van der Waals surface area contributed by atoms with Gasteiger partial charge in [0, 0.05) is 12.1 Å². The highest BCUT2D eigenvalue weighted by molar-refractivity contribution is 5.90. The molecule has 1 heterocycles. The zero-order valence-electron chi connectivity index (χ0n) is 6.70. The Morgan fingerprint density at radius 1 is 1.62 bits per heavy atom. The van der Waals surface area contributed by atoms with Gasteiger partial charge in [0.25, 0.3) is 0 Å². The second-order valence-corrected chi connectivity index (χ2v) is 2.36. The van der Waals surface area contributed by atoms with Crippen LogP contribution in [0.25, 0.3) is 6.08 Å². The first-order valence-corrected chi connectivity index (χ1v) is 3.48. The average Bonchev–Trinajstić information content (AvgIpc) is 2.02. The van der Waals surface area contributed by atoms with Gasteiger partial charge in [0.15, 0.2) is 0 Å². The van der Waals surface area contributed by atoms with Crippen molar-refractivity contribution in [2.75, 3.05) is 5.73 Å². The van der Waals surface area contributed by atoms with Crippen LogP contribution in [0.3, 0.4) is 0 Å². The quantitative estimate of drug-likeness (QED) is 0.644. The Kier molecular flexibility index (Phi) is 2.59. The van der Waals surface area contributed by atoms with Gasteiger partial charge in [-0.2, -0.15) is 0 Å². The van der Waals surface area contributed by atoms with Crippen molar-refractivity contribution < 1.29 is 9.18 Å². The number of nitrogen functional groups attached to an aromatic ring is 1. The molecule has 4 N–H and O–H groups in total. The Balaban J connectivity index is 2.96. The molecule has 0 radical (unpaired) electrons. The Morgan fingerprint density at radius 3 is 2.85 bits per heavy atom. The fourth-order valence-corrected chi connectivity index (χ4v) is 0.766. The second-order valence-electron chi connectivity index (χ2n) is 2.36. The number of hydrogen-bond acceptors (Lipinski definition) is 3. The summed E-state index contributed by atoms with van der Waals surface area (Å²) in [6.07, 6.45) is 3.45. The van der Waals surface area contributed by atoms with Crippen molar-refractivity contribution in [2.24, 2.45) is 5.73 Å². The van der Waals surface area contributed by atoms with E-state index in [0.29, 0.717) is 5.69 Å². The third kappa shape index (κ3) is 2.55. The summed E-state index contributed by atoms with van der Waals surface area (Å²) >= 11 is 0. The molecule has 1 aromatic heterocycles. The van der Waals surface area contributed by atoms with Gasteiger partial charge in [-0.1, -0.05) is 0 Å². The summed E-state index contributed by atoms with van der Waals surface area (Å²) in [5, 5.41) is 0. The van der Waals surface area contributed by atoms with Crippen LogP contribution in [0.5, 0.6) is 0 Å². The van der Waals surface area contributed by atoms with Gasteiger partial charge in [-0.3, -0.25) is 9.78 Å². The molecule has 0 aliphatic carbocycles. The molecule has 68 valence electrons. The SMILES string of the molecule is NC(=O)C=Cc1ncc(F)cc1N. The van der Waals surface area contributed by atoms with Gasteiger partial charge in [-0.15, -0.1) is 0 Å². The van der Waals surface area contributed by atoms with Crippen molar-refractivity contribution in [2.45, 2.75) is 0 Å². The molecule has 0 fully saturated rings. The van der Waals surface area contributed by atoms with Gasteiger partial charge in [0.2, 0.25) is 5.91 Å². The van der Waals surface area contributed by atoms with Crippen molar-refractivity contribution in [1.82, 2.24) is 4.98 Å². The molecule has 0 unspecified atom stereocenters. The molecular weight excluding hydrogens is 173 g/mol. The van der Waals surface area contributed by atoms with E-state index in [1.807, 2.05) is 0 Å². The van der Waals surface area contributed by atoms with Crippen molar-refractivity contribution in [3.63, 3.8) is 0 Å². The monoisotopic (exact) mass is 181 g/mol. The van der Waals surface area contributed by atoms with Gasteiger partial charge in [0.05, 0.1) is 17.6 Å². The maximum atomic E-state index is 12.5. The molecule has 0 aliphatic heterocycles. The molecule has 1 aromatic rings. The standard InChI is InChI=1S/C8H8FN3O/c9-5-3-6(10)7(12-4-5)1-2-8(11)13/h1-4H,10H2,(H2,11,13). The van der Waals surface area contributed by atoms with Crippen LogP contribution in [0.15, 0.2) is 18.3 Å². The van der Waals surface area contributed by atoms with Gasteiger partial charge in [-0.05, 0) is 6.08 Å². The second kappa shape index (κ2) is 3.66. The summed E-state index contributed by atoms with van der Waals surface area (Å²) in [5.41, 5.74) is 10.7. The van der Waals surface area contributed by atoms with Gasteiger partial charge in [-0.25, -0.2) is 4.39 Å². The van der Waals surface area contributed by atoms with E-state index in [1.54, 1.807) is 0 Å². The summed E-state index contributed by atoms with van der Waals surface area (Å²) in [6, 6.07) is 1.12. The molecule has 0 bridgehead atoms. The molecule has 0 aliphatic rings. The lowest BCUT2D eigenvalue weighted by Gasteiger charge is -1.97. The van der Waals surface area contributed by atoms with Crippen LogP contribution >= 0.6 is 0 Å². The fraction of sp³-hybridized carbons (Fsp3) is 0. The first kappa shape index (κ1) is 9.18. The van der Waals surface area contributed by atoms with Crippen molar-refractivity contribution >= 4 is 17.7 Å². The first-order chi connectivity index (χ1) is 6.09. The Labute approximate surface area is 74.1 Å². The molecule has 0 saturated carbocycles. The topological polar surface area (TPSA) is 82.0 Å². The lowest BCUT2D eigenvalue weighted by atomic mass is 10.3. The lowest BCUT2D eigenvalue weighted by Crippen LogP contribution is -2.05. The third-order valence-electron chi connectivity index (χ3n) is 1.32. The number of rotatable bonds is 2. The number of carbonyl (C=O) groups is 1. The smallest absolute Gasteiger partial charge is 0.241 e. The van der Waals surface area contributed by atoms with E-state index in [9.17, 15) is 9.18 Å². The average molecular weight is 181 g/mol. The van der Waals surface area contributed by atoms with Gasteiger partial charge in [0.1, 0.15) is 5.82 Å². The summed E-state index contributed by atoms with van der Waals surface area (Å²) < 4.78 is 12.5. The van der Waals surface area contributed by atoms with E-state index in [1.165, 1.54) is 6.08 Å². The molecule has 0 aromatic carbocycles. The van der Waals surface area contributed by atoms with E-state index in [-0.39, 0.29) is 5.69 Å². The molecule has 0 atom stereocenters. The van der Waals surface area contributed by atoms with Crippen LogP contribution in [-0.4, -0.2) is 10.9 Å². The fourth-order valence-electron chi connectivity index (χ4n) is 0.766. The number of nitrogens with two attached hydrogens (primary N) is 2. The van der Waals surface area contributed by atoms with Crippen LogP contribution in [0.2, 0.25) is 0 Å².